The van der Waals surface area contributed by atoms with Crippen molar-refractivity contribution in [3.05, 3.63) is 33.8 Å². The summed E-state index contributed by atoms with van der Waals surface area (Å²) in [5.74, 6) is 0.723. The summed E-state index contributed by atoms with van der Waals surface area (Å²) in [4.78, 5) is 14.8. The average molecular weight is 356 g/mol. The fourth-order valence-corrected chi connectivity index (χ4v) is 4.39. The lowest BCUT2D eigenvalue weighted by atomic mass is 9.86. The van der Waals surface area contributed by atoms with E-state index in [1.807, 2.05) is 12.1 Å². The largest absolute Gasteiger partial charge is 0.396 e. The van der Waals surface area contributed by atoms with Crippen LogP contribution in [0.2, 0.25) is 10.0 Å². The molecule has 0 aromatic heterocycles. The predicted molar refractivity (Wildman–Crippen MR) is 92.8 cm³/mol. The van der Waals surface area contributed by atoms with Crippen LogP contribution in [0.4, 0.5) is 0 Å². The summed E-state index contributed by atoms with van der Waals surface area (Å²) in [6.45, 7) is 1.13. The van der Waals surface area contributed by atoms with Gasteiger partial charge in [-0.2, -0.15) is 0 Å². The van der Waals surface area contributed by atoms with Crippen molar-refractivity contribution in [1.29, 1.82) is 0 Å². The summed E-state index contributed by atoms with van der Waals surface area (Å²) in [7, 11) is 0. The van der Waals surface area contributed by atoms with Gasteiger partial charge in [0, 0.05) is 35.2 Å². The normalized spacial score (nSPS) is 28.4. The van der Waals surface area contributed by atoms with Crippen LogP contribution >= 0.6 is 23.2 Å². The molecule has 2 fully saturated rings. The van der Waals surface area contributed by atoms with E-state index in [-0.39, 0.29) is 18.4 Å². The molecule has 1 saturated heterocycles. The molecule has 126 valence electrons. The first-order valence-electron chi connectivity index (χ1n) is 8.43. The second-order valence-electron chi connectivity index (χ2n) is 6.81. The summed E-state index contributed by atoms with van der Waals surface area (Å²) < 4.78 is 0. The van der Waals surface area contributed by atoms with E-state index in [0.29, 0.717) is 28.4 Å². The van der Waals surface area contributed by atoms with Crippen LogP contribution in [0.5, 0.6) is 0 Å². The minimum atomic E-state index is 0.0317. The van der Waals surface area contributed by atoms with E-state index in [4.69, 9.17) is 23.2 Å². The van der Waals surface area contributed by atoms with Gasteiger partial charge in [-0.1, -0.05) is 29.3 Å². The number of hydrogen-bond acceptors (Lipinski definition) is 2. The molecule has 1 aromatic carbocycles. The minimum absolute atomic E-state index is 0.0317. The molecule has 3 rings (SSSR count). The highest BCUT2D eigenvalue weighted by molar-refractivity contribution is 6.35. The maximum Gasteiger partial charge on any atom is 0.226 e. The van der Waals surface area contributed by atoms with Crippen molar-refractivity contribution in [3.8, 4) is 0 Å². The van der Waals surface area contributed by atoms with Crippen molar-refractivity contribution in [2.24, 2.45) is 11.8 Å². The fraction of sp³-hybridized carbons (Fsp3) is 0.611. The Kier molecular flexibility index (Phi) is 5.50. The number of benzene rings is 1. The van der Waals surface area contributed by atoms with Crippen molar-refractivity contribution < 1.29 is 9.90 Å². The number of amides is 1. The molecule has 0 bridgehead atoms. The van der Waals surface area contributed by atoms with Gasteiger partial charge in [-0.15, -0.1) is 0 Å². The summed E-state index contributed by atoms with van der Waals surface area (Å²) >= 11 is 12.2. The molecule has 5 heteroatoms. The number of nitrogens with zero attached hydrogens (tertiary/aromatic N) is 1. The maximum atomic E-state index is 12.7. The molecule has 1 aromatic rings. The predicted octanol–water partition coefficient (Wildman–Crippen LogP) is 3.94. The van der Waals surface area contributed by atoms with Crippen molar-refractivity contribution in [2.45, 2.75) is 44.6 Å². The van der Waals surface area contributed by atoms with Crippen molar-refractivity contribution in [1.82, 2.24) is 4.90 Å². The Morgan fingerprint density at radius 2 is 1.87 bits per heavy atom. The first kappa shape index (κ1) is 17.1. The third-order valence-electron chi connectivity index (χ3n) is 5.35. The highest BCUT2D eigenvalue weighted by atomic mass is 35.5. The van der Waals surface area contributed by atoms with Crippen LogP contribution in [0, 0.1) is 11.8 Å². The van der Waals surface area contributed by atoms with E-state index in [1.54, 1.807) is 6.07 Å². The van der Waals surface area contributed by atoms with Crippen molar-refractivity contribution in [2.75, 3.05) is 13.2 Å². The van der Waals surface area contributed by atoms with Crippen molar-refractivity contribution in [3.63, 3.8) is 0 Å². The van der Waals surface area contributed by atoms with Crippen molar-refractivity contribution >= 4 is 29.1 Å². The third kappa shape index (κ3) is 3.84. The van der Waals surface area contributed by atoms with Gasteiger partial charge in [0.25, 0.3) is 0 Å². The Morgan fingerprint density at radius 3 is 2.52 bits per heavy atom. The van der Waals surface area contributed by atoms with Crippen LogP contribution in [-0.4, -0.2) is 35.1 Å². The van der Waals surface area contributed by atoms with Gasteiger partial charge < -0.3 is 10.0 Å². The summed E-state index contributed by atoms with van der Waals surface area (Å²) in [6.07, 6.45) is 5.68. The lowest BCUT2D eigenvalue weighted by Crippen LogP contribution is -2.40. The molecule has 1 saturated carbocycles. The van der Waals surface area contributed by atoms with Crippen LogP contribution in [0.3, 0.4) is 0 Å². The first-order valence-corrected chi connectivity index (χ1v) is 9.19. The Morgan fingerprint density at radius 1 is 1.13 bits per heavy atom. The van der Waals surface area contributed by atoms with Crippen LogP contribution in [-0.2, 0) is 11.2 Å². The van der Waals surface area contributed by atoms with Gasteiger partial charge in [-0.3, -0.25) is 4.79 Å². The van der Waals surface area contributed by atoms with E-state index in [9.17, 15) is 9.90 Å². The van der Waals surface area contributed by atoms with Gasteiger partial charge >= 0.3 is 0 Å². The van der Waals surface area contributed by atoms with Gasteiger partial charge in [0.15, 0.2) is 0 Å². The Hall–Kier alpha value is -0.770. The highest BCUT2D eigenvalue weighted by Gasteiger charge is 2.37. The topological polar surface area (TPSA) is 40.5 Å². The third-order valence-corrected chi connectivity index (χ3v) is 5.93. The Labute approximate surface area is 147 Å². The second kappa shape index (κ2) is 7.42. The molecule has 2 aliphatic rings. The van der Waals surface area contributed by atoms with Crippen LogP contribution in [0.1, 0.15) is 37.7 Å². The molecule has 0 spiro atoms. The van der Waals surface area contributed by atoms with Crippen LogP contribution in [0.15, 0.2) is 18.2 Å². The highest BCUT2D eigenvalue weighted by Crippen LogP contribution is 2.33. The molecule has 1 aliphatic carbocycles. The number of carbonyl (C=O) groups is 1. The zero-order valence-corrected chi connectivity index (χ0v) is 14.7. The average Bonchev–Trinajstić information content (AvgIpc) is 2.91. The van der Waals surface area contributed by atoms with E-state index in [2.05, 4.69) is 4.90 Å². The molecule has 1 unspecified atom stereocenters. The Bertz CT molecular complexity index is 570. The fourth-order valence-electron chi connectivity index (χ4n) is 3.91. The van der Waals surface area contributed by atoms with Gasteiger partial charge in [0.2, 0.25) is 5.91 Å². The minimum Gasteiger partial charge on any atom is -0.396 e. The van der Waals surface area contributed by atoms with Gasteiger partial charge in [-0.25, -0.2) is 0 Å². The molecule has 3 nitrogen and oxygen atoms in total. The zero-order valence-electron chi connectivity index (χ0n) is 13.2. The monoisotopic (exact) mass is 355 g/mol. The molecule has 1 atom stereocenters. The smallest absolute Gasteiger partial charge is 0.226 e. The van der Waals surface area contributed by atoms with Gasteiger partial charge in [-0.05, 0) is 62.1 Å². The molecule has 1 amide bonds. The van der Waals surface area contributed by atoms with Crippen LogP contribution < -0.4 is 0 Å². The van der Waals surface area contributed by atoms with E-state index < -0.39 is 0 Å². The summed E-state index contributed by atoms with van der Waals surface area (Å²) in [6, 6.07) is 5.85. The SMILES string of the molecule is O=C1C(Cc2ccc(Cl)cc2Cl)CCN1[C@H]1CC[C@@H](CO)CC1. The van der Waals surface area contributed by atoms with Gasteiger partial charge in [0.1, 0.15) is 0 Å². The maximum absolute atomic E-state index is 12.7. The molecular formula is C18H23Cl2NO2. The van der Waals surface area contributed by atoms with E-state index in [1.165, 1.54) is 0 Å². The molecule has 23 heavy (non-hydrogen) atoms. The number of halogens is 2. The summed E-state index contributed by atoms with van der Waals surface area (Å²) in [5, 5.41) is 10.5. The molecular weight excluding hydrogens is 333 g/mol. The summed E-state index contributed by atoms with van der Waals surface area (Å²) in [5.41, 5.74) is 1.00. The first-order chi connectivity index (χ1) is 11.1. The van der Waals surface area contributed by atoms with E-state index >= 15 is 0 Å². The second-order valence-corrected chi connectivity index (χ2v) is 7.66. The van der Waals surface area contributed by atoms with Gasteiger partial charge in [0.05, 0.1) is 0 Å². The Balaban J connectivity index is 1.60. The molecule has 1 aliphatic heterocycles. The lowest BCUT2D eigenvalue weighted by molar-refractivity contribution is -0.133. The standard InChI is InChI=1S/C18H23Cl2NO2/c19-15-4-3-13(17(20)10-15)9-14-7-8-21(18(14)23)16-5-1-12(11-22)2-6-16/h3-4,10,12,14,16,22H,1-2,5-9,11H2/t12-,14?,16+. The molecule has 1 heterocycles. The molecule has 0 radical (unpaired) electrons. The van der Waals surface area contributed by atoms with Crippen LogP contribution in [0.25, 0.3) is 0 Å². The zero-order chi connectivity index (χ0) is 16.4. The number of aliphatic hydroxyl groups excluding tert-OH is 1. The number of aliphatic hydroxyl groups is 1. The number of carbonyl (C=O) groups excluding carboxylic acids is 1. The lowest BCUT2D eigenvalue weighted by Gasteiger charge is -2.34. The number of likely N-dealkylation sites (tertiary alicyclic amines) is 1. The number of rotatable bonds is 4. The quantitative estimate of drug-likeness (QED) is 0.888. The van der Waals surface area contributed by atoms with E-state index in [0.717, 1.165) is 44.2 Å². The molecule has 1 N–H and O–H groups in total. The number of hydrogen-bond donors (Lipinski definition) is 1.